The number of carbonyl (C=O) groups is 1. The second-order valence-corrected chi connectivity index (χ2v) is 2.10. The highest BCUT2D eigenvalue weighted by Crippen LogP contribution is 1.88. The van der Waals surface area contributed by atoms with Crippen LogP contribution in [-0.2, 0) is 4.74 Å². The van der Waals surface area contributed by atoms with E-state index in [9.17, 15) is 4.79 Å². The van der Waals surface area contributed by atoms with Gasteiger partial charge in [0.15, 0.2) is 0 Å². The molecule has 4 heteroatoms. The van der Waals surface area contributed by atoms with Gasteiger partial charge in [-0.15, -0.1) is 0 Å². The summed E-state index contributed by atoms with van der Waals surface area (Å²) in [7, 11) is 0. The van der Waals surface area contributed by atoms with Crippen LogP contribution < -0.4 is 5.32 Å². The third kappa shape index (κ3) is 7.12. The van der Waals surface area contributed by atoms with Crippen molar-refractivity contribution in [3.63, 3.8) is 0 Å². The standard InChI is InChI=1S/C7H15NO3/c1-2-8-7(10)11-6-4-3-5-9/h9H,2-6H2,1H3,(H,8,10). The molecule has 0 aromatic carbocycles. The van der Waals surface area contributed by atoms with Gasteiger partial charge in [0.25, 0.3) is 0 Å². The van der Waals surface area contributed by atoms with Crippen molar-refractivity contribution in [1.82, 2.24) is 5.32 Å². The van der Waals surface area contributed by atoms with Crippen LogP contribution in [-0.4, -0.2) is 31.0 Å². The van der Waals surface area contributed by atoms with Gasteiger partial charge >= 0.3 is 6.09 Å². The molecule has 0 unspecified atom stereocenters. The van der Waals surface area contributed by atoms with Gasteiger partial charge in [-0.1, -0.05) is 0 Å². The molecule has 0 saturated carbocycles. The van der Waals surface area contributed by atoms with Crippen LogP contribution in [0.25, 0.3) is 0 Å². The van der Waals surface area contributed by atoms with Crippen molar-refractivity contribution in [3.05, 3.63) is 0 Å². The maximum absolute atomic E-state index is 10.6. The summed E-state index contributed by atoms with van der Waals surface area (Å²) >= 11 is 0. The fourth-order valence-electron chi connectivity index (χ4n) is 0.574. The summed E-state index contributed by atoms with van der Waals surface area (Å²) in [6, 6.07) is 0. The SMILES string of the molecule is CCNC(=O)OCCCCO. The summed E-state index contributed by atoms with van der Waals surface area (Å²) in [5.41, 5.74) is 0. The number of hydrogen-bond acceptors (Lipinski definition) is 3. The zero-order chi connectivity index (χ0) is 8.53. The molecule has 0 aliphatic carbocycles. The zero-order valence-electron chi connectivity index (χ0n) is 6.80. The Bertz CT molecular complexity index is 106. The van der Waals surface area contributed by atoms with E-state index in [0.29, 0.717) is 26.0 Å². The summed E-state index contributed by atoms with van der Waals surface area (Å²) in [6.45, 7) is 2.94. The third-order valence-corrected chi connectivity index (χ3v) is 1.11. The first-order valence-corrected chi connectivity index (χ1v) is 3.82. The quantitative estimate of drug-likeness (QED) is 0.577. The highest BCUT2D eigenvalue weighted by atomic mass is 16.5. The predicted octanol–water partition coefficient (Wildman–Crippen LogP) is 0.505. The topological polar surface area (TPSA) is 58.6 Å². The number of amides is 1. The Labute approximate surface area is 66.5 Å². The van der Waals surface area contributed by atoms with E-state index in [4.69, 9.17) is 9.84 Å². The first-order valence-electron chi connectivity index (χ1n) is 3.82. The third-order valence-electron chi connectivity index (χ3n) is 1.11. The lowest BCUT2D eigenvalue weighted by Crippen LogP contribution is -2.24. The molecule has 1 amide bonds. The van der Waals surface area contributed by atoms with Gasteiger partial charge in [0.1, 0.15) is 0 Å². The molecule has 0 fully saturated rings. The highest BCUT2D eigenvalue weighted by molar-refractivity contribution is 5.66. The van der Waals surface area contributed by atoms with E-state index in [1.165, 1.54) is 0 Å². The van der Waals surface area contributed by atoms with E-state index < -0.39 is 0 Å². The van der Waals surface area contributed by atoms with E-state index in [2.05, 4.69) is 5.32 Å². The van der Waals surface area contributed by atoms with E-state index >= 15 is 0 Å². The summed E-state index contributed by atoms with van der Waals surface area (Å²) in [5.74, 6) is 0. The minimum atomic E-state index is -0.384. The predicted molar refractivity (Wildman–Crippen MR) is 41.3 cm³/mol. The van der Waals surface area contributed by atoms with Crippen molar-refractivity contribution < 1.29 is 14.6 Å². The van der Waals surface area contributed by atoms with Gasteiger partial charge in [0.2, 0.25) is 0 Å². The maximum Gasteiger partial charge on any atom is 0.407 e. The van der Waals surface area contributed by atoms with Crippen molar-refractivity contribution in [1.29, 1.82) is 0 Å². The Kier molecular flexibility index (Phi) is 6.82. The highest BCUT2D eigenvalue weighted by Gasteiger charge is 1.96. The van der Waals surface area contributed by atoms with Gasteiger partial charge < -0.3 is 15.2 Å². The summed E-state index contributed by atoms with van der Waals surface area (Å²) in [5, 5.41) is 10.9. The number of carbonyl (C=O) groups excluding carboxylic acids is 1. The largest absolute Gasteiger partial charge is 0.450 e. The Balaban J connectivity index is 3.04. The number of unbranched alkanes of at least 4 members (excludes halogenated alkanes) is 1. The number of alkyl carbamates (subject to hydrolysis) is 1. The van der Waals surface area contributed by atoms with Crippen LogP contribution in [0, 0.1) is 0 Å². The van der Waals surface area contributed by atoms with E-state index in [-0.39, 0.29) is 12.7 Å². The smallest absolute Gasteiger partial charge is 0.407 e. The Hall–Kier alpha value is -0.770. The number of nitrogens with one attached hydrogen (secondary N) is 1. The van der Waals surface area contributed by atoms with Gasteiger partial charge in [-0.05, 0) is 19.8 Å². The van der Waals surface area contributed by atoms with Gasteiger partial charge in [-0.2, -0.15) is 0 Å². The Morgan fingerprint density at radius 2 is 2.27 bits per heavy atom. The molecule has 4 nitrogen and oxygen atoms in total. The monoisotopic (exact) mass is 161 g/mol. The van der Waals surface area contributed by atoms with Crippen LogP contribution in [0.3, 0.4) is 0 Å². The molecule has 0 aromatic heterocycles. The molecular formula is C7H15NO3. The first-order chi connectivity index (χ1) is 5.31. The molecule has 0 saturated heterocycles. The summed E-state index contributed by atoms with van der Waals surface area (Å²) in [4.78, 5) is 10.6. The normalized spacial score (nSPS) is 9.27. The van der Waals surface area contributed by atoms with Crippen LogP contribution in [0.4, 0.5) is 4.79 Å². The minimum Gasteiger partial charge on any atom is -0.450 e. The average Bonchev–Trinajstić information content (AvgIpc) is 1.99. The lowest BCUT2D eigenvalue weighted by Gasteiger charge is -2.03. The van der Waals surface area contributed by atoms with E-state index in [1.807, 2.05) is 6.92 Å². The van der Waals surface area contributed by atoms with Crippen molar-refractivity contribution in [2.24, 2.45) is 0 Å². The fraction of sp³-hybridized carbons (Fsp3) is 0.857. The second kappa shape index (κ2) is 7.34. The molecule has 0 aromatic rings. The second-order valence-electron chi connectivity index (χ2n) is 2.10. The maximum atomic E-state index is 10.6. The van der Waals surface area contributed by atoms with E-state index in [1.54, 1.807) is 0 Å². The molecule has 0 radical (unpaired) electrons. The summed E-state index contributed by atoms with van der Waals surface area (Å²) < 4.78 is 4.72. The molecule has 0 bridgehead atoms. The average molecular weight is 161 g/mol. The minimum absolute atomic E-state index is 0.152. The van der Waals surface area contributed by atoms with Gasteiger partial charge in [0.05, 0.1) is 6.61 Å². The lowest BCUT2D eigenvalue weighted by molar-refractivity contribution is 0.141. The van der Waals surface area contributed by atoms with Crippen molar-refractivity contribution in [2.75, 3.05) is 19.8 Å². The molecule has 0 heterocycles. The Morgan fingerprint density at radius 3 is 2.82 bits per heavy atom. The lowest BCUT2D eigenvalue weighted by atomic mass is 10.3. The fourth-order valence-corrected chi connectivity index (χ4v) is 0.574. The molecular weight excluding hydrogens is 146 g/mol. The molecule has 0 atom stereocenters. The zero-order valence-corrected chi connectivity index (χ0v) is 6.80. The molecule has 0 aliphatic rings. The number of aliphatic hydroxyl groups is 1. The van der Waals surface area contributed by atoms with Crippen LogP contribution in [0.1, 0.15) is 19.8 Å². The van der Waals surface area contributed by atoms with Gasteiger partial charge in [-0.3, -0.25) is 0 Å². The van der Waals surface area contributed by atoms with Crippen molar-refractivity contribution in [2.45, 2.75) is 19.8 Å². The van der Waals surface area contributed by atoms with Gasteiger partial charge in [0, 0.05) is 13.2 Å². The van der Waals surface area contributed by atoms with Crippen LogP contribution in [0.2, 0.25) is 0 Å². The number of rotatable bonds is 5. The molecule has 0 aliphatic heterocycles. The molecule has 0 spiro atoms. The van der Waals surface area contributed by atoms with Crippen LogP contribution in [0.15, 0.2) is 0 Å². The van der Waals surface area contributed by atoms with Crippen LogP contribution >= 0.6 is 0 Å². The molecule has 66 valence electrons. The van der Waals surface area contributed by atoms with Crippen molar-refractivity contribution in [3.8, 4) is 0 Å². The molecule has 2 N–H and O–H groups in total. The van der Waals surface area contributed by atoms with Gasteiger partial charge in [-0.25, -0.2) is 4.79 Å². The van der Waals surface area contributed by atoms with Crippen LogP contribution in [0.5, 0.6) is 0 Å². The number of ether oxygens (including phenoxy) is 1. The number of aliphatic hydroxyl groups excluding tert-OH is 1. The Morgan fingerprint density at radius 1 is 1.55 bits per heavy atom. The van der Waals surface area contributed by atoms with E-state index in [0.717, 1.165) is 0 Å². The molecule has 0 rings (SSSR count). The van der Waals surface area contributed by atoms with Crippen molar-refractivity contribution >= 4 is 6.09 Å². The summed E-state index contributed by atoms with van der Waals surface area (Å²) in [6.07, 6.45) is 1.01. The number of hydrogen-bond donors (Lipinski definition) is 2. The first kappa shape index (κ1) is 10.2. The molecule has 11 heavy (non-hydrogen) atoms.